The standard InChI is InChI=1S/C15H8BrClF2N2S/c16-10-3-2-9(6-11(10)17)20-15-21-14(7-22-15)8-1-4-12(18)13(19)5-8/h1-7H,(H,20,21). The molecule has 1 N–H and O–H groups in total. The largest absolute Gasteiger partial charge is 0.331 e. The Balaban J connectivity index is 1.84. The van der Waals surface area contributed by atoms with Gasteiger partial charge in [-0.2, -0.15) is 0 Å². The van der Waals surface area contributed by atoms with Crippen LogP contribution in [0.2, 0.25) is 5.02 Å². The Morgan fingerprint density at radius 2 is 1.91 bits per heavy atom. The van der Waals surface area contributed by atoms with Gasteiger partial charge in [0.15, 0.2) is 16.8 Å². The first-order valence-corrected chi connectivity index (χ1v) is 8.21. The lowest BCUT2D eigenvalue weighted by atomic mass is 10.2. The fourth-order valence-electron chi connectivity index (χ4n) is 1.82. The Kier molecular flexibility index (Phi) is 4.42. The van der Waals surface area contributed by atoms with Crippen LogP contribution in [0.1, 0.15) is 0 Å². The van der Waals surface area contributed by atoms with Crippen molar-refractivity contribution in [1.29, 1.82) is 0 Å². The molecule has 0 aliphatic rings. The molecular weight excluding hydrogens is 394 g/mol. The van der Waals surface area contributed by atoms with Crippen LogP contribution in [0.4, 0.5) is 19.6 Å². The quantitative estimate of drug-likeness (QED) is 0.561. The van der Waals surface area contributed by atoms with Crippen LogP contribution < -0.4 is 5.32 Å². The molecule has 1 aromatic heterocycles. The fraction of sp³-hybridized carbons (Fsp3) is 0. The predicted octanol–water partition coefficient (Wildman–Crippen LogP) is 6.25. The molecular formula is C15H8BrClF2N2S. The Bertz CT molecular complexity index is 838. The molecule has 0 atom stereocenters. The Morgan fingerprint density at radius 1 is 1.09 bits per heavy atom. The van der Waals surface area contributed by atoms with E-state index >= 15 is 0 Å². The molecule has 0 unspecified atom stereocenters. The molecule has 0 saturated heterocycles. The number of rotatable bonds is 3. The summed E-state index contributed by atoms with van der Waals surface area (Å²) in [6.07, 6.45) is 0. The fourth-order valence-corrected chi connectivity index (χ4v) is 2.98. The number of nitrogens with zero attached hydrogens (tertiary/aromatic N) is 1. The van der Waals surface area contributed by atoms with E-state index in [0.29, 0.717) is 21.4 Å². The van der Waals surface area contributed by atoms with Crippen LogP contribution in [-0.4, -0.2) is 4.98 Å². The van der Waals surface area contributed by atoms with Crippen molar-refractivity contribution in [2.75, 3.05) is 5.32 Å². The molecule has 0 aliphatic heterocycles. The van der Waals surface area contributed by atoms with Crippen molar-refractivity contribution in [1.82, 2.24) is 4.98 Å². The van der Waals surface area contributed by atoms with E-state index in [2.05, 4.69) is 26.2 Å². The molecule has 1 heterocycles. The van der Waals surface area contributed by atoms with Gasteiger partial charge >= 0.3 is 0 Å². The summed E-state index contributed by atoms with van der Waals surface area (Å²) >= 11 is 10.7. The highest BCUT2D eigenvalue weighted by atomic mass is 79.9. The van der Waals surface area contributed by atoms with Gasteiger partial charge in [-0.05, 0) is 52.3 Å². The second-order valence-electron chi connectivity index (χ2n) is 4.42. The number of thiazole rings is 1. The van der Waals surface area contributed by atoms with Crippen LogP contribution in [0.15, 0.2) is 46.3 Å². The summed E-state index contributed by atoms with van der Waals surface area (Å²) < 4.78 is 27.0. The molecule has 2 nitrogen and oxygen atoms in total. The normalized spacial score (nSPS) is 10.7. The summed E-state index contributed by atoms with van der Waals surface area (Å²) in [7, 11) is 0. The molecule has 3 aromatic rings. The highest BCUT2D eigenvalue weighted by Gasteiger charge is 2.09. The van der Waals surface area contributed by atoms with E-state index < -0.39 is 11.6 Å². The number of nitrogens with one attached hydrogen (secondary N) is 1. The first kappa shape index (κ1) is 15.4. The lowest BCUT2D eigenvalue weighted by Gasteiger charge is -2.04. The van der Waals surface area contributed by atoms with Gasteiger partial charge in [0.2, 0.25) is 0 Å². The van der Waals surface area contributed by atoms with Crippen molar-refractivity contribution in [3.63, 3.8) is 0 Å². The average molecular weight is 402 g/mol. The first-order chi connectivity index (χ1) is 10.5. The Morgan fingerprint density at radius 3 is 2.64 bits per heavy atom. The number of benzene rings is 2. The van der Waals surface area contributed by atoms with Crippen molar-refractivity contribution in [3.05, 3.63) is 62.9 Å². The Labute approximate surface area is 142 Å². The van der Waals surface area contributed by atoms with E-state index in [1.54, 1.807) is 11.4 Å². The molecule has 7 heteroatoms. The van der Waals surface area contributed by atoms with Crippen molar-refractivity contribution in [2.24, 2.45) is 0 Å². The summed E-state index contributed by atoms with van der Waals surface area (Å²) in [5.74, 6) is -1.76. The van der Waals surface area contributed by atoms with E-state index in [1.165, 1.54) is 17.4 Å². The van der Waals surface area contributed by atoms with E-state index in [0.717, 1.165) is 22.3 Å². The van der Waals surface area contributed by atoms with Gasteiger partial charge in [-0.25, -0.2) is 13.8 Å². The van der Waals surface area contributed by atoms with E-state index in [4.69, 9.17) is 11.6 Å². The van der Waals surface area contributed by atoms with E-state index in [1.807, 2.05) is 12.1 Å². The number of hydrogen-bond donors (Lipinski definition) is 1. The lowest BCUT2D eigenvalue weighted by molar-refractivity contribution is 0.509. The molecule has 22 heavy (non-hydrogen) atoms. The van der Waals surface area contributed by atoms with Gasteiger partial charge in [0.25, 0.3) is 0 Å². The molecule has 0 bridgehead atoms. The van der Waals surface area contributed by atoms with Gasteiger partial charge < -0.3 is 5.32 Å². The minimum absolute atomic E-state index is 0.525. The number of aromatic nitrogens is 1. The summed E-state index contributed by atoms with van der Waals surface area (Å²) in [5.41, 5.74) is 1.89. The maximum atomic E-state index is 13.3. The third-order valence-corrected chi connectivity index (χ3v) is 4.88. The molecule has 0 aliphatic carbocycles. The minimum Gasteiger partial charge on any atom is -0.331 e. The molecule has 3 rings (SSSR count). The van der Waals surface area contributed by atoms with Gasteiger partial charge in [-0.15, -0.1) is 11.3 Å². The lowest BCUT2D eigenvalue weighted by Crippen LogP contribution is -1.90. The molecule has 0 amide bonds. The van der Waals surface area contributed by atoms with E-state index in [9.17, 15) is 8.78 Å². The molecule has 2 aromatic carbocycles. The maximum Gasteiger partial charge on any atom is 0.187 e. The Hall–Kier alpha value is -1.50. The molecule has 0 fully saturated rings. The zero-order chi connectivity index (χ0) is 15.7. The highest BCUT2D eigenvalue weighted by molar-refractivity contribution is 9.10. The minimum atomic E-state index is -0.889. The van der Waals surface area contributed by atoms with Crippen LogP contribution in [-0.2, 0) is 0 Å². The third-order valence-electron chi connectivity index (χ3n) is 2.89. The summed E-state index contributed by atoms with van der Waals surface area (Å²) in [5, 5.41) is 6.12. The number of hydrogen-bond acceptors (Lipinski definition) is 3. The van der Waals surface area contributed by atoms with E-state index in [-0.39, 0.29) is 0 Å². The van der Waals surface area contributed by atoms with Crippen LogP contribution in [0.5, 0.6) is 0 Å². The highest BCUT2D eigenvalue weighted by Crippen LogP contribution is 2.30. The zero-order valence-corrected chi connectivity index (χ0v) is 14.1. The second-order valence-corrected chi connectivity index (χ2v) is 6.54. The topological polar surface area (TPSA) is 24.9 Å². The predicted molar refractivity (Wildman–Crippen MR) is 89.9 cm³/mol. The molecule has 0 radical (unpaired) electrons. The SMILES string of the molecule is Fc1ccc(-c2csc(Nc3ccc(Br)c(Cl)c3)n2)cc1F. The summed E-state index contributed by atoms with van der Waals surface area (Å²) in [4.78, 5) is 4.36. The smallest absolute Gasteiger partial charge is 0.187 e. The number of halogens is 4. The monoisotopic (exact) mass is 400 g/mol. The van der Waals surface area contributed by atoms with Crippen molar-refractivity contribution in [3.8, 4) is 11.3 Å². The van der Waals surface area contributed by atoms with Crippen molar-refractivity contribution in [2.45, 2.75) is 0 Å². The van der Waals surface area contributed by atoms with Gasteiger partial charge in [0, 0.05) is 21.1 Å². The molecule has 112 valence electrons. The first-order valence-electron chi connectivity index (χ1n) is 6.16. The maximum absolute atomic E-state index is 13.3. The van der Waals surface area contributed by atoms with Gasteiger partial charge in [-0.3, -0.25) is 0 Å². The zero-order valence-electron chi connectivity index (χ0n) is 10.9. The van der Waals surface area contributed by atoms with Crippen molar-refractivity contribution >= 4 is 49.7 Å². The second kappa shape index (κ2) is 6.32. The van der Waals surface area contributed by atoms with Gasteiger partial charge in [0.1, 0.15) is 0 Å². The van der Waals surface area contributed by atoms with Gasteiger partial charge in [0.05, 0.1) is 10.7 Å². The number of anilines is 2. The third kappa shape index (κ3) is 3.29. The van der Waals surface area contributed by atoms with Gasteiger partial charge in [-0.1, -0.05) is 11.6 Å². The summed E-state index contributed by atoms with van der Waals surface area (Å²) in [6.45, 7) is 0. The van der Waals surface area contributed by atoms with Crippen LogP contribution in [0.3, 0.4) is 0 Å². The molecule has 0 spiro atoms. The summed E-state index contributed by atoms with van der Waals surface area (Å²) in [6, 6.07) is 9.16. The van der Waals surface area contributed by atoms with Crippen LogP contribution >= 0.6 is 38.9 Å². The molecule has 0 saturated carbocycles. The van der Waals surface area contributed by atoms with Crippen LogP contribution in [0, 0.1) is 11.6 Å². The van der Waals surface area contributed by atoms with Crippen molar-refractivity contribution < 1.29 is 8.78 Å². The van der Waals surface area contributed by atoms with Crippen LogP contribution in [0.25, 0.3) is 11.3 Å². The average Bonchev–Trinajstić information content (AvgIpc) is 2.94.